The largest absolute Gasteiger partial charge is 0.469 e. The van der Waals surface area contributed by atoms with E-state index in [4.69, 9.17) is 4.74 Å². The third-order valence-electron chi connectivity index (χ3n) is 16.9. The van der Waals surface area contributed by atoms with Crippen LogP contribution in [0.15, 0.2) is 123 Å². The molecule has 46 heavy (non-hydrogen) atoms. The van der Waals surface area contributed by atoms with E-state index in [-0.39, 0.29) is 11.4 Å². The summed E-state index contributed by atoms with van der Waals surface area (Å²) in [4.78, 5) is 12.4. The van der Waals surface area contributed by atoms with Crippen molar-refractivity contribution in [3.8, 4) is 0 Å². The highest BCUT2D eigenvalue weighted by atomic mass is 16.5. The van der Waals surface area contributed by atoms with E-state index in [1.54, 1.807) is 27.9 Å². The predicted molar refractivity (Wildman–Crippen MR) is 175 cm³/mol. The number of hydrogen-bond acceptors (Lipinski definition) is 2. The van der Waals surface area contributed by atoms with Gasteiger partial charge in [0.15, 0.2) is 0 Å². The maximum atomic E-state index is 12.4. The Kier molecular flexibility index (Phi) is 3.74. The first-order chi connectivity index (χ1) is 22.7. The van der Waals surface area contributed by atoms with Crippen molar-refractivity contribution >= 4 is 5.97 Å². The Bertz CT molecular complexity index is 2070. The summed E-state index contributed by atoms with van der Waals surface area (Å²) in [6.07, 6.45) is 21.3. The molecule has 7 fully saturated rings. The Morgan fingerprint density at radius 2 is 1.43 bits per heavy atom. The van der Waals surface area contributed by atoms with Gasteiger partial charge in [-0.3, -0.25) is 4.79 Å². The van der Waals surface area contributed by atoms with Gasteiger partial charge in [0.05, 0.1) is 7.11 Å². The quantitative estimate of drug-likeness (QED) is 0.254. The molecule has 1 aromatic carbocycles. The number of carbonyl (C=O) groups is 1. The van der Waals surface area contributed by atoms with Gasteiger partial charge in [-0.05, 0) is 124 Å². The molecule has 0 amide bonds. The molecule has 0 spiro atoms. The van der Waals surface area contributed by atoms with Gasteiger partial charge in [-0.1, -0.05) is 94.7 Å². The number of carbonyl (C=O) groups excluding carboxylic acids is 1. The van der Waals surface area contributed by atoms with Crippen LogP contribution < -0.4 is 0 Å². The lowest BCUT2D eigenvalue weighted by molar-refractivity contribution is -0.140. The van der Waals surface area contributed by atoms with Crippen LogP contribution in [0.3, 0.4) is 0 Å². The number of hydrogen-bond donors (Lipinski definition) is 0. The molecule has 14 rings (SSSR count). The minimum atomic E-state index is -0.0644. The molecule has 0 aliphatic heterocycles. The topological polar surface area (TPSA) is 26.3 Å². The Hall–Kier alpha value is -3.39. The number of methoxy groups -OCH3 is 1. The van der Waals surface area contributed by atoms with E-state index in [0.717, 1.165) is 77.9 Å². The first-order valence-corrected chi connectivity index (χ1v) is 18.5. The maximum absolute atomic E-state index is 12.4. The SMILES string of the molecule is COC(=O)CCCC1(c2ccccc2)C2C3=C4C5=C(C=C6CC7=CC8C=CC9=C%10C8C8C7C6C5C5C4C4C(=C3)CC(=C9)C4C%10C85)C21. The second-order valence-electron chi connectivity index (χ2n) is 17.6. The molecule has 0 bridgehead atoms. The zero-order chi connectivity index (χ0) is 29.5. The van der Waals surface area contributed by atoms with Gasteiger partial charge < -0.3 is 4.74 Å². The van der Waals surface area contributed by atoms with Crippen LogP contribution in [0.1, 0.15) is 37.7 Å². The third-order valence-corrected chi connectivity index (χ3v) is 16.9. The molecule has 226 valence electrons. The van der Waals surface area contributed by atoms with Crippen LogP contribution >= 0.6 is 0 Å². The van der Waals surface area contributed by atoms with E-state index >= 15 is 0 Å². The number of benzene rings is 1. The molecule has 2 heteroatoms. The van der Waals surface area contributed by atoms with E-state index in [1.165, 1.54) is 25.5 Å². The van der Waals surface area contributed by atoms with E-state index in [0.29, 0.717) is 24.2 Å². The fourth-order valence-corrected chi connectivity index (χ4v) is 16.4. The molecule has 15 unspecified atom stereocenters. The Morgan fingerprint density at radius 3 is 2.20 bits per heavy atom. The van der Waals surface area contributed by atoms with Gasteiger partial charge in [0.1, 0.15) is 0 Å². The lowest BCUT2D eigenvalue weighted by Crippen LogP contribution is -2.53. The molecule has 15 atom stereocenters. The summed E-state index contributed by atoms with van der Waals surface area (Å²) in [5, 5.41) is 0. The van der Waals surface area contributed by atoms with Gasteiger partial charge in [-0.2, -0.15) is 0 Å². The highest BCUT2D eigenvalue weighted by molar-refractivity contribution is 5.74. The van der Waals surface area contributed by atoms with E-state index in [1.807, 2.05) is 27.9 Å². The van der Waals surface area contributed by atoms with Crippen molar-refractivity contribution in [3.63, 3.8) is 0 Å². The summed E-state index contributed by atoms with van der Waals surface area (Å²) in [6, 6.07) is 11.5. The van der Waals surface area contributed by atoms with Gasteiger partial charge in [-0.25, -0.2) is 0 Å². The van der Waals surface area contributed by atoms with Crippen LogP contribution in [0, 0.1) is 82.9 Å². The molecule has 0 saturated heterocycles. The van der Waals surface area contributed by atoms with Crippen LogP contribution in [-0.2, 0) is 14.9 Å². The van der Waals surface area contributed by atoms with Crippen molar-refractivity contribution in [2.45, 2.75) is 37.5 Å². The number of rotatable bonds is 5. The van der Waals surface area contributed by atoms with Gasteiger partial charge in [0, 0.05) is 29.6 Å². The number of esters is 1. The maximum Gasteiger partial charge on any atom is 0.305 e. The lowest BCUT2D eigenvalue weighted by Gasteiger charge is -2.56. The monoisotopic (exact) mass is 598 g/mol. The summed E-state index contributed by atoms with van der Waals surface area (Å²) in [5.41, 5.74) is 19.7. The van der Waals surface area contributed by atoms with Crippen LogP contribution in [-0.4, -0.2) is 13.1 Å². The smallest absolute Gasteiger partial charge is 0.305 e. The Morgan fingerprint density at radius 1 is 0.761 bits per heavy atom. The van der Waals surface area contributed by atoms with Crippen LogP contribution in [0.25, 0.3) is 0 Å². The lowest BCUT2D eigenvalue weighted by atomic mass is 9.47. The summed E-state index contributed by atoms with van der Waals surface area (Å²) in [7, 11) is 1.54. The van der Waals surface area contributed by atoms with Gasteiger partial charge in [-0.15, -0.1) is 0 Å². The average Bonchev–Trinajstić information content (AvgIpc) is 3.44. The van der Waals surface area contributed by atoms with Crippen molar-refractivity contribution in [2.75, 3.05) is 7.11 Å². The number of allylic oxidation sites excluding steroid dienone is 16. The Labute approximate surface area is 270 Å². The molecule has 1 aromatic rings. The molecule has 0 aromatic heterocycles. The minimum absolute atomic E-state index is 0.0644. The van der Waals surface area contributed by atoms with Crippen molar-refractivity contribution in [3.05, 3.63) is 128 Å². The van der Waals surface area contributed by atoms with Crippen LogP contribution in [0.4, 0.5) is 0 Å². The van der Waals surface area contributed by atoms with Gasteiger partial charge in [0.2, 0.25) is 0 Å². The fraction of sp³-hybridized carbons (Fsp3) is 0.477. The van der Waals surface area contributed by atoms with Crippen molar-refractivity contribution in [2.24, 2.45) is 82.9 Å². The standard InChI is InChI=1S/C44H38O2/c1-46-27(45)8-5-11-44(24-6-3-2-4-7-24)42-25-16-22-14-20-12-18-9-10-19-13-21-15-23-17-26(43(42)44)35-34(25)38-32(22)30(20)36-28(18)29(19)37-31(21)33(23)39(35)41(38)40(36)37/h2-4,6-7,9-10,12-13,16-18,28,30-33,36-43H,5,8,11,14-15H2,1H3. The summed E-state index contributed by atoms with van der Waals surface area (Å²) < 4.78 is 5.13. The second kappa shape index (κ2) is 7.20. The fourth-order valence-electron chi connectivity index (χ4n) is 16.4. The van der Waals surface area contributed by atoms with Crippen molar-refractivity contribution in [1.82, 2.24) is 0 Å². The minimum Gasteiger partial charge on any atom is -0.469 e. The molecule has 7 saturated carbocycles. The highest BCUT2D eigenvalue weighted by Crippen LogP contribution is 2.85. The van der Waals surface area contributed by atoms with Crippen LogP contribution in [0.2, 0.25) is 0 Å². The second-order valence-corrected chi connectivity index (χ2v) is 17.6. The van der Waals surface area contributed by atoms with Crippen molar-refractivity contribution < 1.29 is 9.53 Å². The third kappa shape index (κ3) is 2.19. The molecular weight excluding hydrogens is 560 g/mol. The molecule has 0 radical (unpaired) electrons. The van der Waals surface area contributed by atoms with Crippen molar-refractivity contribution in [1.29, 1.82) is 0 Å². The summed E-state index contributed by atoms with van der Waals surface area (Å²) in [5.74, 6) is 10.3. The first kappa shape index (κ1) is 23.9. The molecule has 13 aliphatic rings. The number of ether oxygens (including phenoxy) is 1. The average molecular weight is 599 g/mol. The summed E-state index contributed by atoms with van der Waals surface area (Å²) >= 11 is 0. The molecular formula is C44H38O2. The summed E-state index contributed by atoms with van der Waals surface area (Å²) in [6.45, 7) is 0. The normalized spacial score (nSPS) is 50.7. The van der Waals surface area contributed by atoms with Gasteiger partial charge >= 0.3 is 5.97 Å². The Balaban J connectivity index is 1.05. The molecule has 0 N–H and O–H groups in total. The van der Waals surface area contributed by atoms with E-state index in [9.17, 15) is 4.79 Å². The molecule has 13 aliphatic carbocycles. The highest BCUT2D eigenvalue weighted by Gasteiger charge is 2.79. The van der Waals surface area contributed by atoms with Gasteiger partial charge in [0.25, 0.3) is 0 Å². The molecule has 0 heterocycles. The zero-order valence-electron chi connectivity index (χ0n) is 26.3. The van der Waals surface area contributed by atoms with E-state index in [2.05, 4.69) is 66.8 Å². The van der Waals surface area contributed by atoms with Crippen LogP contribution in [0.5, 0.6) is 0 Å². The number of fused-ring (bicyclic) bond motifs is 3. The zero-order valence-corrected chi connectivity index (χ0v) is 26.3. The molecule has 2 nitrogen and oxygen atoms in total. The first-order valence-electron chi connectivity index (χ1n) is 18.5. The van der Waals surface area contributed by atoms with E-state index < -0.39 is 0 Å². The predicted octanol–water partition coefficient (Wildman–Crippen LogP) is 8.00.